The molecule has 128 valence electrons. The van der Waals surface area contributed by atoms with E-state index < -0.39 is 0 Å². The first-order valence-electron chi connectivity index (χ1n) is 8.35. The average molecular weight is 330 g/mol. The standard InChI is InChI=1S/C17H22N4O3/c1-11-3-2-4-12-17(11)20-15(19-12)9-23-10-16(22)21-7-13-14(8-21)24-6-5-18-13/h2-4,13-14,18H,5-10H2,1H3,(H,19,20)/t13-,14-/m0/s1. The highest BCUT2D eigenvalue weighted by atomic mass is 16.5. The van der Waals surface area contributed by atoms with Crippen LogP contribution in [0.3, 0.4) is 0 Å². The number of para-hydroxylation sites is 1. The van der Waals surface area contributed by atoms with Crippen LogP contribution in [0.25, 0.3) is 11.0 Å². The molecule has 4 rings (SSSR count). The van der Waals surface area contributed by atoms with Gasteiger partial charge in [-0.15, -0.1) is 0 Å². The maximum atomic E-state index is 12.3. The van der Waals surface area contributed by atoms with Crippen LogP contribution in [0.4, 0.5) is 0 Å². The summed E-state index contributed by atoms with van der Waals surface area (Å²) in [5.74, 6) is 0.745. The first kappa shape index (κ1) is 15.6. The average Bonchev–Trinajstić information content (AvgIpc) is 3.19. The Hall–Kier alpha value is -1.96. The summed E-state index contributed by atoms with van der Waals surface area (Å²) in [6, 6.07) is 6.26. The van der Waals surface area contributed by atoms with Gasteiger partial charge in [0.15, 0.2) is 0 Å². The van der Waals surface area contributed by atoms with Gasteiger partial charge in [-0.05, 0) is 18.6 Å². The van der Waals surface area contributed by atoms with E-state index in [0.29, 0.717) is 26.3 Å². The molecule has 2 saturated heterocycles. The summed E-state index contributed by atoms with van der Waals surface area (Å²) in [6.45, 7) is 5.29. The molecule has 2 aliphatic rings. The minimum atomic E-state index is 0.00194. The fraction of sp³-hybridized carbons (Fsp3) is 0.529. The Morgan fingerprint density at radius 2 is 2.38 bits per heavy atom. The molecule has 2 fully saturated rings. The predicted octanol–water partition coefficient (Wildman–Crippen LogP) is 0.587. The van der Waals surface area contributed by atoms with Crippen molar-refractivity contribution in [1.29, 1.82) is 0 Å². The molecule has 0 radical (unpaired) electrons. The number of rotatable bonds is 4. The van der Waals surface area contributed by atoms with Gasteiger partial charge in [0.25, 0.3) is 0 Å². The first-order chi connectivity index (χ1) is 11.7. The largest absolute Gasteiger partial charge is 0.373 e. The van der Waals surface area contributed by atoms with Gasteiger partial charge >= 0.3 is 0 Å². The van der Waals surface area contributed by atoms with Gasteiger partial charge in [0.2, 0.25) is 5.91 Å². The number of aromatic nitrogens is 2. The zero-order chi connectivity index (χ0) is 16.5. The molecule has 7 heteroatoms. The topological polar surface area (TPSA) is 79.5 Å². The highest BCUT2D eigenvalue weighted by Gasteiger charge is 2.37. The van der Waals surface area contributed by atoms with Crippen LogP contribution in [0.1, 0.15) is 11.4 Å². The first-order valence-corrected chi connectivity index (χ1v) is 8.35. The van der Waals surface area contributed by atoms with E-state index >= 15 is 0 Å². The molecule has 2 aliphatic heterocycles. The van der Waals surface area contributed by atoms with E-state index in [1.54, 1.807) is 0 Å². The van der Waals surface area contributed by atoms with Gasteiger partial charge in [0.05, 0.1) is 29.8 Å². The van der Waals surface area contributed by atoms with Crippen molar-refractivity contribution in [3.8, 4) is 0 Å². The normalized spacial score (nSPS) is 23.6. The molecular formula is C17H22N4O3. The van der Waals surface area contributed by atoms with Crippen LogP contribution in [0.15, 0.2) is 18.2 Å². The Labute approximate surface area is 140 Å². The number of morpholine rings is 1. The Bertz CT molecular complexity index is 731. The third-order valence-corrected chi connectivity index (χ3v) is 4.69. The van der Waals surface area contributed by atoms with E-state index in [2.05, 4.69) is 15.3 Å². The number of carbonyl (C=O) groups is 1. The summed E-state index contributed by atoms with van der Waals surface area (Å²) in [5, 5.41) is 3.39. The van der Waals surface area contributed by atoms with Crippen molar-refractivity contribution < 1.29 is 14.3 Å². The van der Waals surface area contributed by atoms with Gasteiger partial charge in [-0.3, -0.25) is 4.79 Å². The van der Waals surface area contributed by atoms with E-state index in [9.17, 15) is 4.79 Å². The minimum absolute atomic E-state index is 0.00194. The molecule has 7 nitrogen and oxygen atoms in total. The Balaban J connectivity index is 1.30. The molecule has 2 N–H and O–H groups in total. The number of likely N-dealkylation sites (tertiary alicyclic amines) is 1. The third-order valence-electron chi connectivity index (χ3n) is 4.69. The zero-order valence-electron chi connectivity index (χ0n) is 13.7. The molecule has 0 saturated carbocycles. The van der Waals surface area contributed by atoms with Crippen molar-refractivity contribution in [2.45, 2.75) is 25.7 Å². The number of fused-ring (bicyclic) bond motifs is 2. The van der Waals surface area contributed by atoms with Crippen LogP contribution < -0.4 is 5.32 Å². The van der Waals surface area contributed by atoms with Crippen molar-refractivity contribution in [3.05, 3.63) is 29.6 Å². The van der Waals surface area contributed by atoms with Gasteiger partial charge in [0.1, 0.15) is 19.0 Å². The summed E-state index contributed by atoms with van der Waals surface area (Å²) in [5.41, 5.74) is 3.07. The lowest BCUT2D eigenvalue weighted by Crippen LogP contribution is -2.47. The van der Waals surface area contributed by atoms with Gasteiger partial charge < -0.3 is 24.7 Å². The van der Waals surface area contributed by atoms with E-state index in [-0.39, 0.29) is 24.7 Å². The highest BCUT2D eigenvalue weighted by molar-refractivity contribution is 5.79. The second-order valence-electron chi connectivity index (χ2n) is 6.42. The van der Waals surface area contributed by atoms with Crippen molar-refractivity contribution in [2.75, 3.05) is 32.8 Å². The monoisotopic (exact) mass is 330 g/mol. The quantitative estimate of drug-likeness (QED) is 0.858. The summed E-state index contributed by atoms with van der Waals surface area (Å²) in [4.78, 5) is 21.9. The van der Waals surface area contributed by atoms with Crippen LogP contribution in [0, 0.1) is 6.92 Å². The molecule has 24 heavy (non-hydrogen) atoms. The van der Waals surface area contributed by atoms with Crippen LogP contribution in [0.2, 0.25) is 0 Å². The van der Waals surface area contributed by atoms with Crippen molar-refractivity contribution in [3.63, 3.8) is 0 Å². The van der Waals surface area contributed by atoms with Crippen LogP contribution >= 0.6 is 0 Å². The number of benzene rings is 1. The van der Waals surface area contributed by atoms with E-state index in [0.717, 1.165) is 29.0 Å². The van der Waals surface area contributed by atoms with Crippen LogP contribution in [-0.2, 0) is 20.9 Å². The van der Waals surface area contributed by atoms with Crippen LogP contribution in [0.5, 0.6) is 0 Å². The SMILES string of the molecule is Cc1cccc2[nH]c(COCC(=O)N3C[C@@H]4NCCO[C@H]4C3)nc12. The summed E-state index contributed by atoms with van der Waals surface area (Å²) in [6.07, 6.45) is 0.112. The van der Waals surface area contributed by atoms with Gasteiger partial charge in [-0.1, -0.05) is 12.1 Å². The summed E-state index contributed by atoms with van der Waals surface area (Å²) >= 11 is 0. The molecule has 1 aromatic carbocycles. The molecule has 0 bridgehead atoms. The highest BCUT2D eigenvalue weighted by Crippen LogP contribution is 2.17. The zero-order valence-corrected chi connectivity index (χ0v) is 13.7. The maximum Gasteiger partial charge on any atom is 0.248 e. The van der Waals surface area contributed by atoms with Crippen molar-refractivity contribution in [2.24, 2.45) is 0 Å². The van der Waals surface area contributed by atoms with Gasteiger partial charge in [-0.2, -0.15) is 0 Å². The van der Waals surface area contributed by atoms with E-state index in [1.807, 2.05) is 30.0 Å². The number of amides is 1. The fourth-order valence-corrected chi connectivity index (χ4v) is 3.42. The molecule has 0 unspecified atom stereocenters. The number of hydrogen-bond acceptors (Lipinski definition) is 5. The molecular weight excluding hydrogens is 308 g/mol. The van der Waals surface area contributed by atoms with Crippen LogP contribution in [-0.4, -0.2) is 65.8 Å². The molecule has 2 atom stereocenters. The number of carbonyl (C=O) groups excluding carboxylic acids is 1. The summed E-state index contributed by atoms with van der Waals surface area (Å²) in [7, 11) is 0. The number of aromatic amines is 1. The number of H-pyrrole nitrogens is 1. The lowest BCUT2D eigenvalue weighted by atomic mass is 10.2. The molecule has 0 spiro atoms. The molecule has 1 amide bonds. The second kappa shape index (κ2) is 6.51. The Kier molecular flexibility index (Phi) is 4.22. The lowest BCUT2D eigenvalue weighted by Gasteiger charge is -2.25. The molecule has 3 heterocycles. The number of ether oxygens (including phenoxy) is 2. The molecule has 1 aromatic heterocycles. The third kappa shape index (κ3) is 3.02. The Morgan fingerprint density at radius 1 is 1.46 bits per heavy atom. The minimum Gasteiger partial charge on any atom is -0.373 e. The lowest BCUT2D eigenvalue weighted by molar-refractivity contribution is -0.136. The van der Waals surface area contributed by atoms with Gasteiger partial charge in [-0.25, -0.2) is 4.98 Å². The molecule has 0 aliphatic carbocycles. The maximum absolute atomic E-state index is 12.3. The smallest absolute Gasteiger partial charge is 0.248 e. The number of aryl methyl sites for hydroxylation is 1. The second-order valence-corrected chi connectivity index (χ2v) is 6.42. The summed E-state index contributed by atoms with van der Waals surface area (Å²) < 4.78 is 11.3. The van der Waals surface area contributed by atoms with E-state index in [4.69, 9.17) is 9.47 Å². The number of imidazole rings is 1. The number of nitrogens with zero attached hydrogens (tertiary/aromatic N) is 2. The predicted molar refractivity (Wildman–Crippen MR) is 88.6 cm³/mol. The fourth-order valence-electron chi connectivity index (χ4n) is 3.42. The van der Waals surface area contributed by atoms with Crippen molar-refractivity contribution >= 4 is 16.9 Å². The van der Waals surface area contributed by atoms with Crippen molar-refractivity contribution in [1.82, 2.24) is 20.2 Å². The van der Waals surface area contributed by atoms with Gasteiger partial charge in [0, 0.05) is 19.6 Å². The number of hydrogen-bond donors (Lipinski definition) is 2. The number of nitrogens with one attached hydrogen (secondary N) is 2. The van der Waals surface area contributed by atoms with E-state index in [1.165, 1.54) is 0 Å². The molecule has 2 aromatic rings. The Morgan fingerprint density at radius 3 is 3.21 bits per heavy atom.